The van der Waals surface area contributed by atoms with Gasteiger partial charge in [-0.15, -0.1) is 0 Å². The fraction of sp³-hybridized carbons (Fsp3) is 0.467. The van der Waals surface area contributed by atoms with E-state index in [1.807, 2.05) is 0 Å². The van der Waals surface area contributed by atoms with Crippen molar-refractivity contribution >= 4 is 11.9 Å². The highest BCUT2D eigenvalue weighted by Gasteiger charge is 2.35. The lowest BCUT2D eigenvalue weighted by molar-refractivity contribution is -0.152. The van der Waals surface area contributed by atoms with Crippen molar-refractivity contribution in [3.8, 4) is 0 Å². The summed E-state index contributed by atoms with van der Waals surface area (Å²) in [6.07, 6.45) is -8.07. The van der Waals surface area contributed by atoms with E-state index in [9.17, 15) is 30.0 Å². The van der Waals surface area contributed by atoms with Crippen LogP contribution in [0.25, 0.3) is 0 Å². The van der Waals surface area contributed by atoms with Crippen LogP contribution in [-0.4, -0.2) is 79.6 Å². The summed E-state index contributed by atoms with van der Waals surface area (Å²) >= 11 is 0. The molecule has 0 aliphatic heterocycles. The van der Waals surface area contributed by atoms with Crippen LogP contribution in [0.15, 0.2) is 30.3 Å². The van der Waals surface area contributed by atoms with Crippen LogP contribution in [0.1, 0.15) is 5.56 Å². The molecule has 9 heteroatoms. The number of hydrogen-bond donors (Lipinski definition) is 7. The maximum Gasteiger partial charge on any atom is 0.326 e. The highest BCUT2D eigenvalue weighted by molar-refractivity contribution is 5.86. The number of carboxylic acid groups (broad SMARTS) is 1. The van der Waals surface area contributed by atoms with Gasteiger partial charge < -0.3 is 36.0 Å². The van der Waals surface area contributed by atoms with Crippen molar-refractivity contribution in [2.24, 2.45) is 0 Å². The molecular formula is C15H21NO8. The molecule has 0 fully saturated rings. The summed E-state index contributed by atoms with van der Waals surface area (Å²) in [6, 6.07) is 7.10. The molecule has 134 valence electrons. The number of hydrogen-bond acceptors (Lipinski definition) is 7. The Hall–Kier alpha value is -2.04. The van der Waals surface area contributed by atoms with Crippen LogP contribution in [0, 0.1) is 0 Å². The Labute approximate surface area is 137 Å². The molecule has 1 rings (SSSR count). The number of aliphatic carboxylic acids is 1. The smallest absolute Gasteiger partial charge is 0.326 e. The van der Waals surface area contributed by atoms with Gasteiger partial charge >= 0.3 is 5.97 Å². The number of carbonyl (C=O) groups excluding carboxylic acids is 1. The maximum absolute atomic E-state index is 11.9. The third-order valence-electron chi connectivity index (χ3n) is 3.42. The first kappa shape index (κ1) is 20.0. The second kappa shape index (κ2) is 9.30. The van der Waals surface area contributed by atoms with Crippen molar-refractivity contribution in [1.29, 1.82) is 0 Å². The number of aliphatic hydroxyl groups excluding tert-OH is 5. The van der Waals surface area contributed by atoms with Crippen LogP contribution in [0.3, 0.4) is 0 Å². The first-order chi connectivity index (χ1) is 11.3. The molecule has 1 aromatic carbocycles. The van der Waals surface area contributed by atoms with Gasteiger partial charge in [-0.2, -0.15) is 0 Å². The third-order valence-corrected chi connectivity index (χ3v) is 3.42. The lowest BCUT2D eigenvalue weighted by Gasteiger charge is -2.26. The zero-order valence-electron chi connectivity index (χ0n) is 12.7. The average Bonchev–Trinajstić information content (AvgIpc) is 2.59. The molecule has 24 heavy (non-hydrogen) atoms. The second-order valence-corrected chi connectivity index (χ2v) is 5.27. The molecule has 7 N–H and O–H groups in total. The van der Waals surface area contributed by atoms with Gasteiger partial charge in [0.1, 0.15) is 24.4 Å². The fourth-order valence-corrected chi connectivity index (χ4v) is 1.98. The van der Waals surface area contributed by atoms with Crippen molar-refractivity contribution < 1.29 is 40.2 Å². The molecular weight excluding hydrogens is 322 g/mol. The minimum atomic E-state index is -2.18. The van der Waals surface area contributed by atoms with Crippen LogP contribution in [-0.2, 0) is 16.0 Å². The van der Waals surface area contributed by atoms with Gasteiger partial charge in [0, 0.05) is 6.42 Å². The number of carbonyl (C=O) groups is 2. The van der Waals surface area contributed by atoms with Crippen LogP contribution in [0.4, 0.5) is 0 Å². The summed E-state index contributed by atoms with van der Waals surface area (Å²) in [7, 11) is 0. The molecule has 0 unspecified atom stereocenters. The minimum Gasteiger partial charge on any atom is -0.480 e. The van der Waals surface area contributed by atoms with Crippen molar-refractivity contribution in [2.45, 2.75) is 36.9 Å². The van der Waals surface area contributed by atoms with Gasteiger partial charge in [-0.3, -0.25) is 4.79 Å². The Morgan fingerprint density at radius 1 is 1.00 bits per heavy atom. The summed E-state index contributed by atoms with van der Waals surface area (Å²) in [4.78, 5) is 23.1. The molecule has 0 aliphatic carbocycles. The summed E-state index contributed by atoms with van der Waals surface area (Å²) in [6.45, 7) is -0.891. The SMILES string of the molecule is O=C(O)[C@H](Cc1ccccc1)NC(=O)[C@H](O)[C@H](O)[C@@H](O)[C@@H](O)CO. The number of nitrogens with one attached hydrogen (secondary N) is 1. The van der Waals surface area contributed by atoms with E-state index in [4.69, 9.17) is 10.2 Å². The molecule has 0 heterocycles. The molecule has 5 atom stereocenters. The lowest BCUT2D eigenvalue weighted by atomic mass is 10.0. The Kier molecular flexibility index (Phi) is 7.75. The molecule has 1 aromatic rings. The van der Waals surface area contributed by atoms with E-state index >= 15 is 0 Å². The predicted molar refractivity (Wildman–Crippen MR) is 80.8 cm³/mol. The van der Waals surface area contributed by atoms with Gasteiger partial charge in [0.2, 0.25) is 0 Å². The second-order valence-electron chi connectivity index (χ2n) is 5.27. The first-order valence-corrected chi connectivity index (χ1v) is 7.18. The average molecular weight is 343 g/mol. The zero-order chi connectivity index (χ0) is 18.3. The molecule has 0 aromatic heterocycles. The van der Waals surface area contributed by atoms with Gasteiger partial charge in [0.05, 0.1) is 6.61 Å². The normalized spacial score (nSPS) is 17.4. The van der Waals surface area contributed by atoms with E-state index in [2.05, 4.69) is 5.32 Å². The van der Waals surface area contributed by atoms with E-state index in [0.29, 0.717) is 5.56 Å². The quantitative estimate of drug-likeness (QED) is 0.253. The van der Waals surface area contributed by atoms with E-state index in [-0.39, 0.29) is 6.42 Å². The van der Waals surface area contributed by atoms with Crippen molar-refractivity contribution in [3.05, 3.63) is 35.9 Å². The van der Waals surface area contributed by atoms with Crippen LogP contribution < -0.4 is 5.32 Å². The van der Waals surface area contributed by atoms with Gasteiger partial charge in [0.25, 0.3) is 5.91 Å². The summed E-state index contributed by atoms with van der Waals surface area (Å²) < 4.78 is 0. The van der Waals surface area contributed by atoms with Crippen molar-refractivity contribution in [2.75, 3.05) is 6.61 Å². The summed E-state index contributed by atoms with van der Waals surface area (Å²) in [5, 5.41) is 57.9. The number of carboxylic acids is 1. The number of aliphatic hydroxyl groups is 5. The molecule has 0 radical (unpaired) electrons. The van der Waals surface area contributed by atoms with Crippen LogP contribution in [0.5, 0.6) is 0 Å². The van der Waals surface area contributed by atoms with Crippen LogP contribution >= 0.6 is 0 Å². The largest absolute Gasteiger partial charge is 0.480 e. The minimum absolute atomic E-state index is 0.0491. The van der Waals surface area contributed by atoms with Crippen LogP contribution in [0.2, 0.25) is 0 Å². The summed E-state index contributed by atoms with van der Waals surface area (Å²) in [5.74, 6) is -2.57. The highest BCUT2D eigenvalue weighted by atomic mass is 16.4. The molecule has 0 saturated carbocycles. The van der Waals surface area contributed by atoms with E-state index < -0.39 is 48.9 Å². The van der Waals surface area contributed by atoms with Crippen molar-refractivity contribution in [3.63, 3.8) is 0 Å². The van der Waals surface area contributed by atoms with E-state index in [1.54, 1.807) is 30.3 Å². The molecule has 0 saturated heterocycles. The number of amides is 1. The third kappa shape index (κ3) is 5.55. The molecule has 0 spiro atoms. The van der Waals surface area contributed by atoms with Gasteiger partial charge in [-0.1, -0.05) is 30.3 Å². The van der Waals surface area contributed by atoms with Gasteiger partial charge in [-0.25, -0.2) is 4.79 Å². The van der Waals surface area contributed by atoms with E-state index in [1.165, 1.54) is 0 Å². The lowest BCUT2D eigenvalue weighted by Crippen LogP contribution is -2.54. The fourth-order valence-electron chi connectivity index (χ4n) is 1.98. The maximum atomic E-state index is 11.9. The Bertz CT molecular complexity index is 538. The number of benzene rings is 1. The number of rotatable bonds is 9. The van der Waals surface area contributed by atoms with Gasteiger partial charge in [-0.05, 0) is 5.56 Å². The Morgan fingerprint density at radius 3 is 2.08 bits per heavy atom. The van der Waals surface area contributed by atoms with Gasteiger partial charge in [0.15, 0.2) is 6.10 Å². The predicted octanol–water partition coefficient (Wildman–Crippen LogP) is -2.77. The zero-order valence-corrected chi connectivity index (χ0v) is 12.7. The first-order valence-electron chi connectivity index (χ1n) is 7.18. The monoisotopic (exact) mass is 343 g/mol. The molecule has 0 aliphatic rings. The molecule has 9 nitrogen and oxygen atoms in total. The Morgan fingerprint density at radius 2 is 1.58 bits per heavy atom. The Balaban J connectivity index is 2.72. The molecule has 1 amide bonds. The summed E-state index contributed by atoms with van der Waals surface area (Å²) in [5.41, 5.74) is 0.635. The highest BCUT2D eigenvalue weighted by Crippen LogP contribution is 2.08. The van der Waals surface area contributed by atoms with Crippen molar-refractivity contribution in [1.82, 2.24) is 5.32 Å². The molecule has 0 bridgehead atoms. The topological polar surface area (TPSA) is 168 Å². The van der Waals surface area contributed by atoms with E-state index in [0.717, 1.165) is 0 Å². The standard InChI is InChI=1S/C15H21NO8/c17-7-10(18)11(19)12(20)13(21)14(22)16-9(15(23)24)6-8-4-2-1-3-5-8/h1-5,9-13,17-21H,6-7H2,(H,16,22)(H,23,24)/t9-,10-,11-,12+,13+/m0/s1.